The van der Waals surface area contributed by atoms with Crippen molar-refractivity contribution in [3.8, 4) is 11.8 Å². The average Bonchev–Trinajstić information content (AvgIpc) is 3.36. The standard InChI is InChI=1S/C23H27ClN4O3/c24-17-13-16-6-7-20(17)31-12-3-1-2-10-28-11-4-5-19(28)22(30)26-18(14-16)21(29)27-23(15-25)8-9-23/h1,3,6-7,13,18-19H,2,4-5,8-12,14H2,(H,26,30)(H,27,29)/t18-,19?/m0/s1. The van der Waals surface area contributed by atoms with Crippen LogP contribution in [-0.2, 0) is 16.0 Å². The number of benzene rings is 1. The van der Waals surface area contributed by atoms with Crippen molar-refractivity contribution in [2.75, 3.05) is 19.7 Å². The molecule has 7 nitrogen and oxygen atoms in total. The molecule has 31 heavy (non-hydrogen) atoms. The fourth-order valence-electron chi connectivity index (χ4n) is 4.17. The number of halogens is 1. The lowest BCUT2D eigenvalue weighted by atomic mass is 10.0. The van der Waals surface area contributed by atoms with Gasteiger partial charge >= 0.3 is 0 Å². The predicted molar refractivity (Wildman–Crippen MR) is 117 cm³/mol. The maximum Gasteiger partial charge on any atom is 0.244 e. The van der Waals surface area contributed by atoms with Gasteiger partial charge in [-0.05, 0) is 56.3 Å². The van der Waals surface area contributed by atoms with Gasteiger partial charge in [0.15, 0.2) is 0 Å². The van der Waals surface area contributed by atoms with Gasteiger partial charge in [-0.1, -0.05) is 29.8 Å². The first kappa shape index (κ1) is 21.7. The molecule has 2 fully saturated rings. The Morgan fingerprint density at radius 2 is 2.16 bits per heavy atom. The average molecular weight is 443 g/mol. The number of nitriles is 1. The molecule has 2 bridgehead atoms. The minimum absolute atomic E-state index is 0.137. The molecular formula is C23H27ClN4O3. The van der Waals surface area contributed by atoms with Gasteiger partial charge in [0.1, 0.15) is 23.9 Å². The number of hydrogen-bond donors (Lipinski definition) is 2. The van der Waals surface area contributed by atoms with E-state index in [1.54, 1.807) is 12.1 Å². The Hall–Kier alpha value is -2.56. The number of nitrogens with one attached hydrogen (secondary N) is 2. The number of hydrogen-bond acceptors (Lipinski definition) is 5. The van der Waals surface area contributed by atoms with Gasteiger partial charge in [0.2, 0.25) is 11.8 Å². The highest BCUT2D eigenvalue weighted by molar-refractivity contribution is 6.32. The Morgan fingerprint density at radius 3 is 2.90 bits per heavy atom. The number of carbonyl (C=O) groups excluding carboxylic acids is 2. The number of carbonyl (C=O) groups is 2. The summed E-state index contributed by atoms with van der Waals surface area (Å²) in [4.78, 5) is 28.3. The van der Waals surface area contributed by atoms with Crippen LogP contribution in [0.4, 0.5) is 0 Å². The largest absolute Gasteiger partial charge is 0.488 e. The lowest BCUT2D eigenvalue weighted by Gasteiger charge is -2.26. The van der Waals surface area contributed by atoms with E-state index < -0.39 is 11.6 Å². The zero-order chi connectivity index (χ0) is 21.8. The van der Waals surface area contributed by atoms with Crippen LogP contribution in [0.1, 0.15) is 37.7 Å². The maximum absolute atomic E-state index is 13.1. The van der Waals surface area contributed by atoms with Crippen LogP contribution in [0.15, 0.2) is 30.4 Å². The molecule has 2 atom stereocenters. The zero-order valence-corrected chi connectivity index (χ0v) is 18.2. The number of amides is 2. The van der Waals surface area contributed by atoms with Gasteiger partial charge in [0.25, 0.3) is 0 Å². The molecule has 164 valence electrons. The lowest BCUT2D eigenvalue weighted by Crippen LogP contribution is -2.55. The third-order valence-corrected chi connectivity index (χ3v) is 6.44. The summed E-state index contributed by atoms with van der Waals surface area (Å²) < 4.78 is 5.74. The highest BCUT2D eigenvalue weighted by Crippen LogP contribution is 2.34. The van der Waals surface area contributed by atoms with E-state index in [4.69, 9.17) is 16.3 Å². The fourth-order valence-corrected chi connectivity index (χ4v) is 4.43. The molecule has 0 aromatic heterocycles. The molecule has 0 spiro atoms. The summed E-state index contributed by atoms with van der Waals surface area (Å²) in [5.74, 6) is 0.104. The molecule has 1 saturated heterocycles. The van der Waals surface area contributed by atoms with Crippen LogP contribution in [-0.4, -0.2) is 54.0 Å². The van der Waals surface area contributed by atoms with E-state index in [-0.39, 0.29) is 24.3 Å². The molecule has 1 aliphatic carbocycles. The number of nitrogens with zero attached hydrogens (tertiary/aromatic N) is 2. The van der Waals surface area contributed by atoms with Crippen molar-refractivity contribution in [1.82, 2.24) is 15.5 Å². The fraction of sp³-hybridized carbons (Fsp3) is 0.522. The minimum atomic E-state index is -0.794. The van der Waals surface area contributed by atoms with Gasteiger partial charge in [-0.3, -0.25) is 14.5 Å². The molecule has 2 amide bonds. The van der Waals surface area contributed by atoms with Gasteiger partial charge in [-0.2, -0.15) is 5.26 Å². The van der Waals surface area contributed by atoms with Gasteiger partial charge in [-0.15, -0.1) is 0 Å². The Bertz CT molecular complexity index is 922. The Morgan fingerprint density at radius 1 is 1.32 bits per heavy atom. The second-order valence-electron chi connectivity index (χ2n) is 8.48. The van der Waals surface area contributed by atoms with E-state index in [1.165, 1.54) is 0 Å². The summed E-state index contributed by atoms with van der Waals surface area (Å²) in [7, 11) is 0. The molecule has 4 aliphatic rings. The van der Waals surface area contributed by atoms with E-state index in [0.29, 0.717) is 30.2 Å². The molecule has 1 aromatic carbocycles. The van der Waals surface area contributed by atoms with E-state index in [0.717, 1.165) is 37.9 Å². The monoisotopic (exact) mass is 442 g/mol. The van der Waals surface area contributed by atoms with Crippen LogP contribution in [0.5, 0.6) is 5.75 Å². The van der Waals surface area contributed by atoms with Crippen LogP contribution in [0.25, 0.3) is 0 Å². The summed E-state index contributed by atoms with van der Waals surface area (Å²) in [6.45, 7) is 2.06. The summed E-state index contributed by atoms with van der Waals surface area (Å²) >= 11 is 6.37. The Balaban J connectivity index is 1.58. The first-order valence-corrected chi connectivity index (χ1v) is 11.2. The number of fused-ring (bicyclic) bond motifs is 9. The maximum atomic E-state index is 13.1. The molecular weight excluding hydrogens is 416 g/mol. The van der Waals surface area contributed by atoms with Crippen LogP contribution < -0.4 is 15.4 Å². The molecule has 1 aromatic rings. The van der Waals surface area contributed by atoms with E-state index in [1.807, 2.05) is 12.1 Å². The van der Waals surface area contributed by atoms with Crippen molar-refractivity contribution in [3.05, 3.63) is 40.9 Å². The quantitative estimate of drug-likeness (QED) is 0.685. The zero-order valence-electron chi connectivity index (χ0n) is 17.4. The van der Waals surface area contributed by atoms with Gasteiger partial charge < -0.3 is 15.4 Å². The molecule has 5 rings (SSSR count). The molecule has 1 unspecified atom stereocenters. The van der Waals surface area contributed by atoms with Crippen LogP contribution >= 0.6 is 11.6 Å². The molecule has 2 N–H and O–H groups in total. The van der Waals surface area contributed by atoms with Crippen LogP contribution in [0.3, 0.4) is 0 Å². The smallest absolute Gasteiger partial charge is 0.244 e. The van der Waals surface area contributed by atoms with Crippen molar-refractivity contribution in [1.29, 1.82) is 5.26 Å². The molecule has 8 heteroatoms. The first-order chi connectivity index (χ1) is 15.0. The summed E-state index contributed by atoms with van der Waals surface area (Å²) in [5, 5.41) is 15.6. The van der Waals surface area contributed by atoms with E-state index in [9.17, 15) is 14.9 Å². The highest BCUT2D eigenvalue weighted by atomic mass is 35.5. The van der Waals surface area contributed by atoms with Crippen molar-refractivity contribution in [2.24, 2.45) is 0 Å². The van der Waals surface area contributed by atoms with E-state index in [2.05, 4.69) is 27.7 Å². The Labute approximate surface area is 187 Å². The SMILES string of the molecule is N#CC1(NC(=O)[C@@H]2Cc3ccc(c(Cl)c3)OCC=CCCN3CCCC3C(=O)N2)CC1. The second-order valence-corrected chi connectivity index (χ2v) is 8.89. The minimum Gasteiger partial charge on any atom is -0.488 e. The van der Waals surface area contributed by atoms with Crippen molar-refractivity contribution in [3.63, 3.8) is 0 Å². The summed E-state index contributed by atoms with van der Waals surface area (Å²) in [6, 6.07) is 6.54. The van der Waals surface area contributed by atoms with Crippen molar-refractivity contribution >= 4 is 23.4 Å². The topological polar surface area (TPSA) is 94.5 Å². The normalized spacial score (nSPS) is 25.7. The molecule has 0 radical (unpaired) electrons. The summed E-state index contributed by atoms with van der Waals surface area (Å²) in [6.07, 6.45) is 8.11. The van der Waals surface area contributed by atoms with Crippen LogP contribution in [0, 0.1) is 11.3 Å². The number of rotatable bonds is 2. The molecule has 1 saturated carbocycles. The highest BCUT2D eigenvalue weighted by Gasteiger charge is 2.46. The number of ether oxygens (including phenoxy) is 1. The second kappa shape index (κ2) is 9.29. The summed E-state index contributed by atoms with van der Waals surface area (Å²) in [5.41, 5.74) is 0.0171. The first-order valence-electron chi connectivity index (χ1n) is 10.8. The lowest BCUT2D eigenvalue weighted by molar-refractivity contribution is -0.131. The van der Waals surface area contributed by atoms with Gasteiger partial charge in [-0.25, -0.2) is 0 Å². The predicted octanol–water partition coefficient (Wildman–Crippen LogP) is 2.34. The van der Waals surface area contributed by atoms with Crippen LogP contribution in [0.2, 0.25) is 5.02 Å². The molecule has 3 aliphatic heterocycles. The van der Waals surface area contributed by atoms with Gasteiger partial charge in [0.05, 0.1) is 17.1 Å². The third-order valence-electron chi connectivity index (χ3n) is 6.15. The van der Waals surface area contributed by atoms with E-state index >= 15 is 0 Å². The van der Waals surface area contributed by atoms with Crippen molar-refractivity contribution < 1.29 is 14.3 Å². The Kier molecular flexibility index (Phi) is 6.49. The van der Waals surface area contributed by atoms with Gasteiger partial charge in [0, 0.05) is 13.0 Å². The molecule has 3 heterocycles. The van der Waals surface area contributed by atoms with Crippen molar-refractivity contribution in [2.45, 2.75) is 56.1 Å². The third kappa shape index (κ3) is 5.20.